The maximum atomic E-state index is 12.1. The normalized spacial score (nSPS) is 26.3. The highest BCUT2D eigenvalue weighted by atomic mass is 16.5. The van der Waals surface area contributed by atoms with Crippen molar-refractivity contribution >= 4 is 11.8 Å². The molecule has 22 heavy (non-hydrogen) atoms. The first-order valence-corrected chi connectivity index (χ1v) is 8.80. The minimum absolute atomic E-state index is 0.0502. The van der Waals surface area contributed by atoms with Gasteiger partial charge in [0.2, 0.25) is 11.8 Å². The molecule has 2 aliphatic carbocycles. The molecule has 1 spiro atoms. The molecule has 0 unspecified atom stereocenters. The molecule has 0 aromatic rings. The molecule has 126 valence electrons. The third kappa shape index (κ3) is 3.80. The van der Waals surface area contributed by atoms with Crippen molar-refractivity contribution in [3.8, 4) is 0 Å². The summed E-state index contributed by atoms with van der Waals surface area (Å²) in [5.74, 6) is -0.125. The average Bonchev–Trinajstić information content (AvgIpc) is 2.53. The zero-order chi connectivity index (χ0) is 16.0. The van der Waals surface area contributed by atoms with E-state index in [1.807, 2.05) is 13.8 Å². The van der Waals surface area contributed by atoms with Crippen LogP contribution in [0, 0.1) is 5.41 Å². The van der Waals surface area contributed by atoms with Crippen molar-refractivity contribution < 1.29 is 14.3 Å². The number of carbonyl (C=O) groups excluding carboxylic acids is 2. The minimum Gasteiger partial charge on any atom is -0.378 e. The van der Waals surface area contributed by atoms with E-state index in [0.717, 1.165) is 32.3 Å². The Morgan fingerprint density at radius 1 is 1.14 bits per heavy atom. The summed E-state index contributed by atoms with van der Waals surface area (Å²) in [6.45, 7) is 4.81. The van der Waals surface area contributed by atoms with Gasteiger partial charge in [-0.2, -0.15) is 0 Å². The van der Waals surface area contributed by atoms with Crippen LogP contribution in [0.25, 0.3) is 0 Å². The molecular formula is C17H30N2O3. The molecule has 2 amide bonds. The Balaban J connectivity index is 1.83. The molecule has 2 rings (SSSR count). The van der Waals surface area contributed by atoms with Gasteiger partial charge in [0.25, 0.3) is 0 Å². The van der Waals surface area contributed by atoms with Gasteiger partial charge in [-0.3, -0.25) is 9.59 Å². The Morgan fingerprint density at radius 2 is 1.86 bits per heavy atom. The van der Waals surface area contributed by atoms with E-state index in [9.17, 15) is 9.59 Å². The first kappa shape index (κ1) is 17.3. The molecule has 5 nitrogen and oxygen atoms in total. The molecule has 0 bridgehead atoms. The number of amides is 2. The zero-order valence-electron chi connectivity index (χ0n) is 14.0. The van der Waals surface area contributed by atoms with Crippen LogP contribution < -0.4 is 10.6 Å². The monoisotopic (exact) mass is 310 g/mol. The van der Waals surface area contributed by atoms with Crippen LogP contribution in [0.2, 0.25) is 0 Å². The van der Waals surface area contributed by atoms with Gasteiger partial charge in [-0.05, 0) is 32.6 Å². The van der Waals surface area contributed by atoms with Crippen molar-refractivity contribution in [2.75, 3.05) is 13.2 Å². The molecule has 2 N–H and O–H groups in total. The second kappa shape index (κ2) is 7.95. The van der Waals surface area contributed by atoms with E-state index >= 15 is 0 Å². The van der Waals surface area contributed by atoms with Crippen molar-refractivity contribution in [1.82, 2.24) is 10.6 Å². The Hall–Kier alpha value is -1.10. The van der Waals surface area contributed by atoms with E-state index in [1.165, 1.54) is 19.3 Å². The molecule has 2 saturated carbocycles. The van der Waals surface area contributed by atoms with Crippen molar-refractivity contribution in [2.24, 2.45) is 5.41 Å². The maximum absolute atomic E-state index is 12.1. The van der Waals surface area contributed by atoms with Crippen LogP contribution in [-0.2, 0) is 14.3 Å². The molecule has 0 aromatic heterocycles. The highest BCUT2D eigenvalue weighted by Crippen LogP contribution is 2.53. The first-order chi connectivity index (χ1) is 10.6. The van der Waals surface area contributed by atoms with Gasteiger partial charge in [-0.1, -0.05) is 26.2 Å². The molecule has 0 heterocycles. The Bertz CT molecular complexity index is 391. The van der Waals surface area contributed by atoms with Crippen molar-refractivity contribution in [1.29, 1.82) is 0 Å². The Kier molecular flexibility index (Phi) is 6.24. The van der Waals surface area contributed by atoms with Gasteiger partial charge in [-0.25, -0.2) is 0 Å². The van der Waals surface area contributed by atoms with Gasteiger partial charge < -0.3 is 15.4 Å². The summed E-state index contributed by atoms with van der Waals surface area (Å²) in [5, 5.41) is 5.81. The molecular weight excluding hydrogens is 280 g/mol. The molecule has 0 saturated heterocycles. The highest BCUT2D eigenvalue weighted by Gasteiger charge is 2.56. The molecule has 0 aliphatic heterocycles. The van der Waals surface area contributed by atoms with E-state index in [1.54, 1.807) is 0 Å². The van der Waals surface area contributed by atoms with Crippen LogP contribution in [-0.4, -0.2) is 37.1 Å². The summed E-state index contributed by atoms with van der Waals surface area (Å²) in [5.41, 5.74) is 0.136. The highest BCUT2D eigenvalue weighted by molar-refractivity contribution is 5.84. The molecule has 2 aliphatic rings. The van der Waals surface area contributed by atoms with Gasteiger partial charge in [0.05, 0.1) is 12.6 Å². The summed E-state index contributed by atoms with van der Waals surface area (Å²) >= 11 is 0. The van der Waals surface area contributed by atoms with Crippen LogP contribution in [0.3, 0.4) is 0 Å². The lowest BCUT2D eigenvalue weighted by Crippen LogP contribution is -2.66. The van der Waals surface area contributed by atoms with E-state index in [0.29, 0.717) is 6.42 Å². The fraction of sp³-hybridized carbons (Fsp3) is 0.882. The summed E-state index contributed by atoms with van der Waals surface area (Å²) in [6.07, 6.45) is 8.50. The number of carbonyl (C=O) groups is 2. The van der Waals surface area contributed by atoms with E-state index in [-0.39, 0.29) is 35.9 Å². The fourth-order valence-corrected chi connectivity index (χ4v) is 4.01. The lowest BCUT2D eigenvalue weighted by atomic mass is 9.55. The second-order valence-corrected chi connectivity index (χ2v) is 6.62. The number of hydrogen-bond donors (Lipinski definition) is 2. The van der Waals surface area contributed by atoms with Crippen molar-refractivity contribution in [3.05, 3.63) is 0 Å². The molecule has 2 fully saturated rings. The SMILES string of the molecule is CCCC(=O)NCC(=O)N[C@@H]1C[C@H](OCC)C12CCCCC2. The van der Waals surface area contributed by atoms with Crippen LogP contribution in [0.15, 0.2) is 0 Å². The smallest absolute Gasteiger partial charge is 0.239 e. The molecule has 0 aromatic carbocycles. The van der Waals surface area contributed by atoms with E-state index in [4.69, 9.17) is 4.74 Å². The van der Waals surface area contributed by atoms with E-state index < -0.39 is 0 Å². The average molecular weight is 310 g/mol. The van der Waals surface area contributed by atoms with Crippen LogP contribution in [0.4, 0.5) is 0 Å². The molecule has 2 atom stereocenters. The zero-order valence-corrected chi connectivity index (χ0v) is 14.0. The largest absolute Gasteiger partial charge is 0.378 e. The van der Waals surface area contributed by atoms with Gasteiger partial charge >= 0.3 is 0 Å². The Labute approximate surface area is 133 Å². The lowest BCUT2D eigenvalue weighted by Gasteiger charge is -2.57. The standard InChI is InChI=1S/C17H30N2O3/c1-3-8-15(20)18-12-16(21)19-13-11-14(22-4-2)17(13)9-6-5-7-10-17/h13-14H,3-12H2,1-2H3,(H,18,20)(H,19,21)/t13-,14+/m1/s1. The number of hydrogen-bond acceptors (Lipinski definition) is 3. The Morgan fingerprint density at radius 3 is 2.50 bits per heavy atom. The molecule has 0 radical (unpaired) electrons. The minimum atomic E-state index is -0.0747. The topological polar surface area (TPSA) is 67.4 Å². The summed E-state index contributed by atoms with van der Waals surface area (Å²) in [6, 6.07) is 0.208. The van der Waals surface area contributed by atoms with Crippen LogP contribution in [0.5, 0.6) is 0 Å². The quantitative estimate of drug-likeness (QED) is 0.757. The summed E-state index contributed by atoms with van der Waals surface area (Å²) < 4.78 is 5.89. The third-order valence-electron chi connectivity index (χ3n) is 5.20. The summed E-state index contributed by atoms with van der Waals surface area (Å²) in [4.78, 5) is 23.5. The number of nitrogens with one attached hydrogen (secondary N) is 2. The van der Waals surface area contributed by atoms with Crippen LogP contribution in [0.1, 0.15) is 65.2 Å². The van der Waals surface area contributed by atoms with Gasteiger partial charge in [0, 0.05) is 24.5 Å². The predicted octanol–water partition coefficient (Wildman–Crippen LogP) is 2.15. The van der Waals surface area contributed by atoms with Gasteiger partial charge in [0.1, 0.15) is 0 Å². The number of ether oxygens (including phenoxy) is 1. The van der Waals surface area contributed by atoms with E-state index in [2.05, 4.69) is 10.6 Å². The fourth-order valence-electron chi connectivity index (χ4n) is 4.01. The maximum Gasteiger partial charge on any atom is 0.239 e. The van der Waals surface area contributed by atoms with Crippen molar-refractivity contribution in [3.63, 3.8) is 0 Å². The molecule has 5 heteroatoms. The second-order valence-electron chi connectivity index (χ2n) is 6.62. The van der Waals surface area contributed by atoms with Crippen molar-refractivity contribution in [2.45, 2.75) is 77.4 Å². The third-order valence-corrected chi connectivity index (χ3v) is 5.20. The van der Waals surface area contributed by atoms with Crippen LogP contribution >= 0.6 is 0 Å². The lowest BCUT2D eigenvalue weighted by molar-refractivity contribution is -0.156. The summed E-state index contributed by atoms with van der Waals surface area (Å²) in [7, 11) is 0. The predicted molar refractivity (Wildman–Crippen MR) is 85.4 cm³/mol. The van der Waals surface area contributed by atoms with Gasteiger partial charge in [-0.15, -0.1) is 0 Å². The first-order valence-electron chi connectivity index (χ1n) is 8.80. The van der Waals surface area contributed by atoms with Gasteiger partial charge in [0.15, 0.2) is 0 Å². The number of rotatable bonds is 7.